The minimum atomic E-state index is -1.02. The molecule has 2 aliphatic heterocycles. The number of likely N-dealkylation sites (tertiary alicyclic amines) is 1. The Kier molecular flexibility index (Phi) is 9.50. The highest BCUT2D eigenvalue weighted by Gasteiger charge is 2.48. The van der Waals surface area contributed by atoms with Gasteiger partial charge >= 0.3 is 5.97 Å². The number of anilines is 1. The molecule has 2 aliphatic rings. The van der Waals surface area contributed by atoms with E-state index in [1.54, 1.807) is 6.07 Å². The predicted octanol–water partition coefficient (Wildman–Crippen LogP) is 6.34. The van der Waals surface area contributed by atoms with Crippen LogP contribution in [0.3, 0.4) is 0 Å². The molecule has 9 heteroatoms. The zero-order valence-electron chi connectivity index (χ0n) is 24.9. The lowest BCUT2D eigenvalue weighted by atomic mass is 9.82. The second kappa shape index (κ2) is 13.5. The maximum Gasteiger partial charge on any atom is 0.309 e. The van der Waals surface area contributed by atoms with Crippen LogP contribution in [0.4, 0.5) is 10.1 Å². The van der Waals surface area contributed by atoms with Crippen LogP contribution >= 0.6 is 0 Å². The number of carbonyl (C=O) groups is 2. The number of rotatable bonds is 12. The van der Waals surface area contributed by atoms with Crippen LogP contribution in [0.15, 0.2) is 54.6 Å². The molecule has 1 unspecified atom stereocenters. The van der Waals surface area contributed by atoms with Gasteiger partial charge in [-0.15, -0.1) is 0 Å². The van der Waals surface area contributed by atoms with Gasteiger partial charge in [-0.3, -0.25) is 14.5 Å². The molecule has 0 aliphatic carbocycles. The number of carboxylic acids is 1. The predicted molar refractivity (Wildman–Crippen MR) is 161 cm³/mol. The number of para-hydroxylation sites is 1. The van der Waals surface area contributed by atoms with E-state index in [0.29, 0.717) is 17.9 Å². The van der Waals surface area contributed by atoms with Gasteiger partial charge in [0.05, 0.1) is 19.1 Å². The third kappa shape index (κ3) is 6.46. The molecular weight excluding hydrogens is 551 g/mol. The number of nitrogens with zero attached hydrogens (tertiary/aromatic N) is 1. The fourth-order valence-corrected chi connectivity index (χ4v) is 6.19. The van der Waals surface area contributed by atoms with Crippen LogP contribution < -0.4 is 19.5 Å². The van der Waals surface area contributed by atoms with Gasteiger partial charge in [-0.05, 0) is 65.8 Å². The average molecular weight is 591 g/mol. The highest BCUT2D eigenvalue weighted by atomic mass is 19.1. The maximum atomic E-state index is 15.0. The molecule has 0 saturated carbocycles. The van der Waals surface area contributed by atoms with E-state index in [1.807, 2.05) is 61.2 Å². The quantitative estimate of drug-likeness (QED) is 0.238. The average Bonchev–Trinajstić information content (AvgIpc) is 3.63. The molecule has 5 rings (SSSR count). The van der Waals surface area contributed by atoms with E-state index in [-0.39, 0.29) is 37.3 Å². The Morgan fingerprint density at radius 1 is 1.02 bits per heavy atom. The van der Waals surface area contributed by atoms with Gasteiger partial charge in [0, 0.05) is 24.2 Å². The Hall–Kier alpha value is -4.11. The van der Waals surface area contributed by atoms with E-state index in [9.17, 15) is 19.1 Å². The Morgan fingerprint density at radius 3 is 2.40 bits per heavy atom. The molecule has 43 heavy (non-hydrogen) atoms. The first kappa shape index (κ1) is 30.4. The first-order chi connectivity index (χ1) is 20.8. The van der Waals surface area contributed by atoms with Crippen LogP contribution in [0.25, 0.3) is 0 Å². The first-order valence-electron chi connectivity index (χ1n) is 15.0. The number of carboxylic acid groups (broad SMARTS) is 1. The summed E-state index contributed by atoms with van der Waals surface area (Å²) < 4.78 is 31.5. The second-order valence-electron chi connectivity index (χ2n) is 11.1. The number of benzene rings is 3. The smallest absolute Gasteiger partial charge is 0.309 e. The summed E-state index contributed by atoms with van der Waals surface area (Å²) in [5.41, 5.74) is 4.13. The molecule has 1 saturated heterocycles. The van der Waals surface area contributed by atoms with Crippen molar-refractivity contribution in [1.82, 2.24) is 4.90 Å². The molecule has 3 aromatic rings. The summed E-state index contributed by atoms with van der Waals surface area (Å²) >= 11 is 0. The van der Waals surface area contributed by atoms with Crippen molar-refractivity contribution in [2.45, 2.75) is 58.4 Å². The van der Waals surface area contributed by atoms with Gasteiger partial charge in [0.25, 0.3) is 0 Å². The molecule has 8 nitrogen and oxygen atoms in total. The minimum Gasteiger partial charge on any atom is -0.494 e. The Bertz CT molecular complexity index is 1440. The topological polar surface area (TPSA) is 97.3 Å². The third-order valence-corrected chi connectivity index (χ3v) is 8.36. The number of fused-ring (bicyclic) bond motifs is 1. The summed E-state index contributed by atoms with van der Waals surface area (Å²) in [6.45, 7) is 6.89. The Labute approximate surface area is 251 Å². The van der Waals surface area contributed by atoms with Crippen molar-refractivity contribution in [3.05, 3.63) is 82.7 Å². The van der Waals surface area contributed by atoms with Crippen LogP contribution in [0.5, 0.6) is 17.2 Å². The van der Waals surface area contributed by atoms with Crippen molar-refractivity contribution in [3.8, 4) is 17.2 Å². The summed E-state index contributed by atoms with van der Waals surface area (Å²) in [6.07, 6.45) is 3.48. The summed E-state index contributed by atoms with van der Waals surface area (Å²) in [5.74, 6) is -2.43. The third-order valence-electron chi connectivity index (χ3n) is 8.36. The monoisotopic (exact) mass is 590 g/mol. The van der Waals surface area contributed by atoms with E-state index in [4.69, 9.17) is 14.2 Å². The fraction of sp³-hybridized carbons (Fsp3) is 0.412. The molecule has 0 bridgehead atoms. The number of amides is 1. The molecule has 0 radical (unpaired) electrons. The van der Waals surface area contributed by atoms with Crippen LogP contribution in [-0.4, -0.2) is 48.4 Å². The van der Waals surface area contributed by atoms with Crippen LogP contribution in [0.2, 0.25) is 0 Å². The lowest BCUT2D eigenvalue weighted by Gasteiger charge is -2.27. The van der Waals surface area contributed by atoms with Crippen molar-refractivity contribution in [2.75, 3.05) is 31.8 Å². The van der Waals surface area contributed by atoms with Crippen molar-refractivity contribution in [3.63, 3.8) is 0 Å². The molecule has 1 amide bonds. The van der Waals surface area contributed by atoms with Crippen molar-refractivity contribution >= 4 is 17.6 Å². The SMILES string of the molecule is CCCCOc1ccc([C@H]2C(C(=O)O)[C@@H](c3cc(F)c4c(c3)OCO4)CN2CC(=O)Nc2c(CC)cccc2CC)cc1. The normalized spacial score (nSPS) is 19.4. The Balaban J connectivity index is 1.48. The number of ether oxygens (including phenoxy) is 3. The van der Waals surface area contributed by atoms with E-state index in [1.165, 1.54) is 6.07 Å². The molecule has 3 atom stereocenters. The number of aliphatic carboxylic acids is 1. The van der Waals surface area contributed by atoms with Crippen molar-refractivity contribution in [2.24, 2.45) is 5.92 Å². The lowest BCUT2D eigenvalue weighted by Crippen LogP contribution is -2.35. The van der Waals surface area contributed by atoms with Crippen LogP contribution in [0.1, 0.15) is 67.8 Å². The number of hydrogen-bond acceptors (Lipinski definition) is 6. The highest BCUT2D eigenvalue weighted by Crippen LogP contribution is 2.48. The number of halogens is 1. The molecule has 1 fully saturated rings. The summed E-state index contributed by atoms with van der Waals surface area (Å²) in [7, 11) is 0. The van der Waals surface area contributed by atoms with Gasteiger partial charge in [-0.25, -0.2) is 4.39 Å². The van der Waals surface area contributed by atoms with Gasteiger partial charge in [-0.2, -0.15) is 0 Å². The second-order valence-corrected chi connectivity index (χ2v) is 11.1. The standard InChI is InChI=1S/C34H39FN2O6/c1-4-7-15-41-25-13-11-23(12-14-25)32-30(34(39)40)26(24-16-27(35)33-28(17-24)42-20-43-33)18-37(32)19-29(38)36-31-21(5-2)9-8-10-22(31)6-3/h8-14,16-17,26,30,32H,4-7,15,18-20H2,1-3H3,(H,36,38)(H,39,40)/t26-,30?,32+/m1/s1. The van der Waals surface area contributed by atoms with Gasteiger partial charge in [-0.1, -0.05) is 57.5 Å². The fourth-order valence-electron chi connectivity index (χ4n) is 6.19. The minimum absolute atomic E-state index is 0.0291. The first-order valence-corrected chi connectivity index (χ1v) is 15.0. The number of carbonyl (C=O) groups excluding carboxylic acids is 1. The molecule has 2 heterocycles. The zero-order chi connectivity index (χ0) is 30.5. The molecule has 2 N–H and O–H groups in total. The molecule has 0 spiro atoms. The molecule has 0 aromatic heterocycles. The molecule has 3 aromatic carbocycles. The van der Waals surface area contributed by atoms with Gasteiger partial charge in [0.15, 0.2) is 11.6 Å². The largest absolute Gasteiger partial charge is 0.494 e. The molecule has 228 valence electrons. The summed E-state index contributed by atoms with van der Waals surface area (Å²) in [4.78, 5) is 28.4. The van der Waals surface area contributed by atoms with Crippen LogP contribution in [-0.2, 0) is 22.4 Å². The highest BCUT2D eigenvalue weighted by molar-refractivity contribution is 5.94. The Morgan fingerprint density at radius 2 is 1.74 bits per heavy atom. The van der Waals surface area contributed by atoms with Crippen molar-refractivity contribution < 1.29 is 33.3 Å². The molecular formula is C34H39FN2O6. The van der Waals surface area contributed by atoms with E-state index in [2.05, 4.69) is 12.2 Å². The van der Waals surface area contributed by atoms with E-state index < -0.39 is 29.7 Å². The van der Waals surface area contributed by atoms with Crippen LogP contribution in [0, 0.1) is 11.7 Å². The van der Waals surface area contributed by atoms with Gasteiger partial charge < -0.3 is 24.6 Å². The number of nitrogens with one attached hydrogen (secondary N) is 1. The zero-order valence-corrected chi connectivity index (χ0v) is 24.9. The maximum absolute atomic E-state index is 15.0. The van der Waals surface area contributed by atoms with Gasteiger partial charge in [0.2, 0.25) is 18.4 Å². The number of aryl methyl sites for hydroxylation is 2. The van der Waals surface area contributed by atoms with Crippen molar-refractivity contribution in [1.29, 1.82) is 0 Å². The van der Waals surface area contributed by atoms with E-state index in [0.717, 1.165) is 48.1 Å². The summed E-state index contributed by atoms with van der Waals surface area (Å²) in [6, 6.07) is 15.7. The number of hydrogen-bond donors (Lipinski definition) is 2. The van der Waals surface area contributed by atoms with E-state index >= 15 is 0 Å². The summed E-state index contributed by atoms with van der Waals surface area (Å²) in [5, 5.41) is 13.7. The number of unbranched alkanes of at least 4 members (excludes halogenated alkanes) is 1. The lowest BCUT2D eigenvalue weighted by molar-refractivity contribution is -0.143. The van der Waals surface area contributed by atoms with Gasteiger partial charge in [0.1, 0.15) is 5.75 Å².